The van der Waals surface area contributed by atoms with Gasteiger partial charge < -0.3 is 14.6 Å². The molecule has 0 saturated carbocycles. The van der Waals surface area contributed by atoms with Crippen LogP contribution >= 0.6 is 0 Å². The molecule has 168 valence electrons. The zero-order valence-corrected chi connectivity index (χ0v) is 17.4. The van der Waals surface area contributed by atoms with Crippen molar-refractivity contribution >= 4 is 11.6 Å². The fraction of sp³-hybridized carbons (Fsp3) is 0.292. The molecule has 2 aromatic carbocycles. The standard InChI is InChI=1S/C24H24F3N3O2/c25-24(26,27)19-10-8-18(9-11-19)23(31)28-17-21(22-7-4-16-32-22)30-14-12-29(13-15-30)20-5-2-1-3-6-20/h1-11,16,21H,12-15,17H2,(H,28,31)/t21-/m0/s1. The van der Waals surface area contributed by atoms with Gasteiger partial charge in [-0.1, -0.05) is 18.2 Å². The van der Waals surface area contributed by atoms with Gasteiger partial charge in [-0.25, -0.2) is 0 Å². The average Bonchev–Trinajstić information content (AvgIpc) is 3.34. The van der Waals surface area contributed by atoms with E-state index >= 15 is 0 Å². The summed E-state index contributed by atoms with van der Waals surface area (Å²) in [5.41, 5.74) is 0.584. The van der Waals surface area contributed by atoms with E-state index in [1.807, 2.05) is 24.3 Å². The predicted molar refractivity (Wildman–Crippen MR) is 115 cm³/mol. The number of nitrogens with zero attached hydrogens (tertiary/aromatic N) is 2. The second kappa shape index (κ2) is 9.48. The third-order valence-corrected chi connectivity index (χ3v) is 5.68. The second-order valence-corrected chi connectivity index (χ2v) is 7.67. The summed E-state index contributed by atoms with van der Waals surface area (Å²) in [5.74, 6) is 0.323. The van der Waals surface area contributed by atoms with Gasteiger partial charge in [-0.3, -0.25) is 9.69 Å². The number of hydrogen-bond donors (Lipinski definition) is 1. The molecule has 32 heavy (non-hydrogen) atoms. The van der Waals surface area contributed by atoms with Crippen LogP contribution in [-0.4, -0.2) is 43.5 Å². The molecule has 2 heterocycles. The Morgan fingerprint density at radius 1 is 0.938 bits per heavy atom. The number of benzene rings is 2. The smallest absolute Gasteiger partial charge is 0.416 e. The van der Waals surface area contributed by atoms with E-state index in [-0.39, 0.29) is 11.6 Å². The first-order valence-electron chi connectivity index (χ1n) is 10.4. The Kier molecular flexibility index (Phi) is 6.50. The molecule has 0 unspecified atom stereocenters. The van der Waals surface area contributed by atoms with Crippen molar-refractivity contribution in [3.05, 3.63) is 89.9 Å². The number of para-hydroxylation sites is 1. The van der Waals surface area contributed by atoms with Crippen LogP contribution in [0.1, 0.15) is 27.7 Å². The van der Waals surface area contributed by atoms with Crippen molar-refractivity contribution in [3.8, 4) is 0 Å². The van der Waals surface area contributed by atoms with Gasteiger partial charge in [-0.2, -0.15) is 13.2 Å². The highest BCUT2D eigenvalue weighted by atomic mass is 19.4. The molecular formula is C24H24F3N3O2. The first-order chi connectivity index (χ1) is 15.4. The fourth-order valence-electron chi connectivity index (χ4n) is 3.92. The van der Waals surface area contributed by atoms with Gasteiger partial charge in [-0.15, -0.1) is 0 Å². The van der Waals surface area contributed by atoms with Crippen LogP contribution < -0.4 is 10.2 Å². The molecule has 0 radical (unpaired) electrons. The van der Waals surface area contributed by atoms with Gasteiger partial charge in [-0.05, 0) is 48.5 Å². The summed E-state index contributed by atoms with van der Waals surface area (Å²) in [7, 11) is 0. The van der Waals surface area contributed by atoms with Crippen molar-refractivity contribution in [1.82, 2.24) is 10.2 Å². The van der Waals surface area contributed by atoms with E-state index in [4.69, 9.17) is 4.42 Å². The van der Waals surface area contributed by atoms with Crippen molar-refractivity contribution in [1.29, 1.82) is 0 Å². The Balaban J connectivity index is 1.39. The van der Waals surface area contributed by atoms with Crippen molar-refractivity contribution < 1.29 is 22.4 Å². The summed E-state index contributed by atoms with van der Waals surface area (Å²) >= 11 is 0. The molecule has 1 aromatic heterocycles. The van der Waals surface area contributed by atoms with Crippen LogP contribution in [0.15, 0.2) is 77.4 Å². The molecule has 5 nitrogen and oxygen atoms in total. The largest absolute Gasteiger partial charge is 0.468 e. The Bertz CT molecular complexity index is 997. The minimum Gasteiger partial charge on any atom is -0.468 e. The van der Waals surface area contributed by atoms with Crippen LogP contribution in [-0.2, 0) is 6.18 Å². The number of furan rings is 1. The molecule has 1 atom stereocenters. The summed E-state index contributed by atoms with van der Waals surface area (Å²) in [4.78, 5) is 17.1. The Morgan fingerprint density at radius 3 is 2.22 bits per heavy atom. The molecule has 3 aromatic rings. The molecule has 1 aliphatic rings. The molecule has 1 aliphatic heterocycles. The van der Waals surface area contributed by atoms with Crippen molar-refractivity contribution in [3.63, 3.8) is 0 Å². The third kappa shape index (κ3) is 5.13. The lowest BCUT2D eigenvalue weighted by atomic mass is 10.1. The number of amides is 1. The molecule has 1 N–H and O–H groups in total. The van der Waals surface area contributed by atoms with E-state index < -0.39 is 17.6 Å². The number of nitrogens with one attached hydrogen (secondary N) is 1. The Hall–Kier alpha value is -3.26. The highest BCUT2D eigenvalue weighted by Crippen LogP contribution is 2.29. The predicted octanol–water partition coefficient (Wildman–Crippen LogP) is 4.59. The molecule has 8 heteroatoms. The molecule has 0 spiro atoms. The van der Waals surface area contributed by atoms with Crippen molar-refractivity contribution in [2.75, 3.05) is 37.6 Å². The van der Waals surface area contributed by atoms with Gasteiger partial charge in [0.1, 0.15) is 5.76 Å². The molecule has 4 rings (SSSR count). The van der Waals surface area contributed by atoms with Crippen LogP contribution in [0, 0.1) is 0 Å². The van der Waals surface area contributed by atoms with E-state index in [0.717, 1.165) is 44.1 Å². The number of piperazine rings is 1. The maximum atomic E-state index is 12.8. The van der Waals surface area contributed by atoms with E-state index in [2.05, 4.69) is 27.2 Å². The number of anilines is 1. The number of rotatable bonds is 6. The normalized spacial score (nSPS) is 16.0. The number of carbonyl (C=O) groups is 1. The van der Waals surface area contributed by atoms with E-state index in [0.29, 0.717) is 6.54 Å². The summed E-state index contributed by atoms with van der Waals surface area (Å²) in [6, 6.07) is 17.9. The van der Waals surface area contributed by atoms with Gasteiger partial charge in [0.2, 0.25) is 0 Å². The van der Waals surface area contributed by atoms with Gasteiger partial charge in [0.05, 0.1) is 17.9 Å². The van der Waals surface area contributed by atoms with Crippen LogP contribution in [0.4, 0.5) is 18.9 Å². The molecule has 1 saturated heterocycles. The van der Waals surface area contributed by atoms with Gasteiger partial charge in [0, 0.05) is 44.0 Å². The lowest BCUT2D eigenvalue weighted by Crippen LogP contribution is -2.49. The highest BCUT2D eigenvalue weighted by molar-refractivity contribution is 5.94. The molecule has 0 aliphatic carbocycles. The zero-order valence-electron chi connectivity index (χ0n) is 17.4. The number of alkyl halides is 3. The molecule has 1 amide bonds. The quantitative estimate of drug-likeness (QED) is 0.605. The molecular weight excluding hydrogens is 419 g/mol. The second-order valence-electron chi connectivity index (χ2n) is 7.67. The fourth-order valence-corrected chi connectivity index (χ4v) is 3.92. The van der Waals surface area contributed by atoms with Crippen molar-refractivity contribution in [2.24, 2.45) is 0 Å². The average molecular weight is 443 g/mol. The van der Waals surface area contributed by atoms with Gasteiger partial charge in [0.25, 0.3) is 5.91 Å². The number of hydrogen-bond acceptors (Lipinski definition) is 4. The van der Waals surface area contributed by atoms with Crippen LogP contribution in [0.5, 0.6) is 0 Å². The van der Waals surface area contributed by atoms with E-state index in [9.17, 15) is 18.0 Å². The minimum atomic E-state index is -4.43. The SMILES string of the molecule is O=C(NC[C@@H](c1ccco1)N1CCN(c2ccccc2)CC1)c1ccc(C(F)(F)F)cc1. The van der Waals surface area contributed by atoms with E-state index in [1.54, 1.807) is 12.3 Å². The zero-order chi connectivity index (χ0) is 22.6. The van der Waals surface area contributed by atoms with Crippen LogP contribution in [0.25, 0.3) is 0 Å². The topological polar surface area (TPSA) is 48.7 Å². The first-order valence-corrected chi connectivity index (χ1v) is 10.4. The minimum absolute atomic E-state index is 0.165. The summed E-state index contributed by atoms with van der Waals surface area (Å²) in [6.07, 6.45) is -2.83. The first kappa shape index (κ1) is 22.0. The summed E-state index contributed by atoms with van der Waals surface area (Å²) < 4.78 is 43.9. The molecule has 1 fully saturated rings. The summed E-state index contributed by atoms with van der Waals surface area (Å²) in [6.45, 7) is 3.55. The monoisotopic (exact) mass is 443 g/mol. The maximum Gasteiger partial charge on any atom is 0.416 e. The van der Waals surface area contributed by atoms with E-state index in [1.165, 1.54) is 17.8 Å². The lowest BCUT2D eigenvalue weighted by molar-refractivity contribution is -0.137. The van der Waals surface area contributed by atoms with Crippen LogP contribution in [0.3, 0.4) is 0 Å². The maximum absolute atomic E-state index is 12.8. The summed E-state index contributed by atoms with van der Waals surface area (Å²) in [5, 5.41) is 2.85. The molecule has 0 bridgehead atoms. The van der Waals surface area contributed by atoms with Crippen LogP contribution in [0.2, 0.25) is 0 Å². The number of halogens is 3. The Labute approximate surface area is 184 Å². The highest BCUT2D eigenvalue weighted by Gasteiger charge is 2.31. The third-order valence-electron chi connectivity index (χ3n) is 5.68. The van der Waals surface area contributed by atoms with Gasteiger partial charge >= 0.3 is 6.18 Å². The van der Waals surface area contributed by atoms with Gasteiger partial charge in [0.15, 0.2) is 0 Å². The lowest BCUT2D eigenvalue weighted by Gasteiger charge is -2.39. The number of carbonyl (C=O) groups excluding carboxylic acids is 1. The van der Waals surface area contributed by atoms with Crippen molar-refractivity contribution in [2.45, 2.75) is 12.2 Å². The Morgan fingerprint density at radius 2 is 1.62 bits per heavy atom.